The molecule has 0 aliphatic rings. The van der Waals surface area contributed by atoms with Gasteiger partial charge in [-0.15, -0.1) is 0 Å². The summed E-state index contributed by atoms with van der Waals surface area (Å²) in [5, 5.41) is 8.81. The Labute approximate surface area is 214 Å². The summed E-state index contributed by atoms with van der Waals surface area (Å²) >= 11 is 0. The van der Waals surface area contributed by atoms with Crippen molar-refractivity contribution in [1.82, 2.24) is 0 Å². The first-order chi connectivity index (χ1) is 16.7. The predicted molar refractivity (Wildman–Crippen MR) is 152 cm³/mol. The Bertz CT molecular complexity index is 440. The van der Waals surface area contributed by atoms with Gasteiger partial charge in [0.15, 0.2) is 0 Å². The van der Waals surface area contributed by atoms with Gasteiger partial charge in [-0.2, -0.15) is 0 Å². The Balaban J connectivity index is 3.08. The fourth-order valence-electron chi connectivity index (χ4n) is 4.87. The Morgan fingerprint density at radius 1 is 0.471 bits per heavy atom. The van der Waals surface area contributed by atoms with Crippen molar-refractivity contribution in [2.75, 3.05) is 0 Å². The van der Waals surface area contributed by atoms with E-state index in [-0.39, 0.29) is 0 Å². The van der Waals surface area contributed by atoms with Gasteiger partial charge in [-0.05, 0) is 19.8 Å². The molecule has 34 heavy (non-hydrogen) atoms. The van der Waals surface area contributed by atoms with Crippen LogP contribution in [-0.4, -0.2) is 11.1 Å². The molecule has 0 atom stereocenters. The van der Waals surface area contributed by atoms with Crippen LogP contribution in [0.4, 0.5) is 0 Å². The minimum atomic E-state index is -0.783. The third-order valence-electron chi connectivity index (χ3n) is 7.35. The summed E-state index contributed by atoms with van der Waals surface area (Å²) in [5.74, 6) is -0.783. The molecule has 0 aliphatic heterocycles. The lowest BCUT2D eigenvalue weighted by Gasteiger charge is -2.04. The van der Waals surface area contributed by atoms with Gasteiger partial charge in [-0.1, -0.05) is 174 Å². The van der Waals surface area contributed by atoms with E-state index in [0.29, 0.717) is 5.57 Å². The molecule has 0 saturated heterocycles. The van der Waals surface area contributed by atoms with E-state index in [4.69, 9.17) is 5.11 Å². The lowest BCUT2D eigenvalue weighted by atomic mass is 10.0. The molecule has 2 heteroatoms. The van der Waals surface area contributed by atoms with E-state index >= 15 is 0 Å². The number of hydrogen-bond acceptors (Lipinski definition) is 1. The molecule has 2 nitrogen and oxygen atoms in total. The van der Waals surface area contributed by atoms with Gasteiger partial charge >= 0.3 is 5.97 Å². The van der Waals surface area contributed by atoms with Crippen molar-refractivity contribution in [3.8, 4) is 0 Å². The highest BCUT2D eigenvalue weighted by atomic mass is 16.4. The van der Waals surface area contributed by atoms with Crippen LogP contribution in [0.25, 0.3) is 0 Å². The minimum absolute atomic E-state index is 0.486. The van der Waals surface area contributed by atoms with E-state index in [2.05, 4.69) is 6.92 Å². The first-order valence-corrected chi connectivity index (χ1v) is 15.6. The molecule has 0 amide bonds. The van der Waals surface area contributed by atoms with E-state index in [0.717, 1.165) is 12.8 Å². The van der Waals surface area contributed by atoms with Gasteiger partial charge < -0.3 is 5.11 Å². The number of allylic oxidation sites excluding steroid dienone is 1. The van der Waals surface area contributed by atoms with Crippen molar-refractivity contribution in [3.05, 3.63) is 11.6 Å². The lowest BCUT2D eigenvalue weighted by Crippen LogP contribution is -1.95. The Morgan fingerprint density at radius 2 is 0.706 bits per heavy atom. The van der Waals surface area contributed by atoms with Gasteiger partial charge in [-0.25, -0.2) is 4.79 Å². The molecule has 1 N–H and O–H groups in total. The van der Waals surface area contributed by atoms with E-state index in [1.54, 1.807) is 6.92 Å². The van der Waals surface area contributed by atoms with Gasteiger partial charge in [0.1, 0.15) is 0 Å². The van der Waals surface area contributed by atoms with Gasteiger partial charge in [0.2, 0.25) is 0 Å². The van der Waals surface area contributed by atoms with Crippen molar-refractivity contribution in [2.45, 2.75) is 187 Å². The monoisotopic (exact) mass is 478 g/mol. The molecular weight excluding hydrogens is 416 g/mol. The van der Waals surface area contributed by atoms with Crippen molar-refractivity contribution >= 4 is 5.97 Å². The van der Waals surface area contributed by atoms with Crippen LogP contribution in [0.3, 0.4) is 0 Å². The molecule has 0 aromatic rings. The smallest absolute Gasteiger partial charge is 0.330 e. The molecule has 0 aromatic carbocycles. The summed E-state index contributed by atoms with van der Waals surface area (Å²) in [6.07, 6.45) is 39.6. The maximum Gasteiger partial charge on any atom is 0.330 e. The fraction of sp³-hybridized carbons (Fsp3) is 0.906. The fourth-order valence-corrected chi connectivity index (χ4v) is 4.87. The van der Waals surface area contributed by atoms with Crippen LogP contribution in [0, 0.1) is 0 Å². The second kappa shape index (κ2) is 28.4. The number of aliphatic carboxylic acids is 1. The molecule has 0 bridgehead atoms. The Morgan fingerprint density at radius 3 is 0.941 bits per heavy atom. The summed E-state index contributed by atoms with van der Waals surface area (Å²) in [4.78, 5) is 10.7. The van der Waals surface area contributed by atoms with Gasteiger partial charge in [0.05, 0.1) is 0 Å². The molecule has 0 fully saturated rings. The number of unbranched alkanes of at least 4 members (excludes halogenated alkanes) is 26. The molecule has 0 unspecified atom stereocenters. The summed E-state index contributed by atoms with van der Waals surface area (Å²) < 4.78 is 0. The first-order valence-electron chi connectivity index (χ1n) is 15.6. The average Bonchev–Trinajstić information content (AvgIpc) is 2.83. The molecule has 0 saturated carbocycles. The topological polar surface area (TPSA) is 37.3 Å². The number of carboxylic acid groups (broad SMARTS) is 1. The molecule has 0 aromatic heterocycles. The van der Waals surface area contributed by atoms with Gasteiger partial charge in [0.25, 0.3) is 0 Å². The molecule has 0 heterocycles. The van der Waals surface area contributed by atoms with Crippen LogP contribution in [-0.2, 0) is 4.79 Å². The average molecular weight is 479 g/mol. The second-order valence-corrected chi connectivity index (χ2v) is 10.8. The first kappa shape index (κ1) is 33.2. The zero-order valence-corrected chi connectivity index (χ0v) is 23.5. The van der Waals surface area contributed by atoms with Crippen LogP contribution < -0.4 is 0 Å². The van der Waals surface area contributed by atoms with Gasteiger partial charge in [0, 0.05) is 5.57 Å². The predicted octanol–water partition coefficient (Wildman–Crippen LogP) is 11.6. The standard InChI is InChI=1S/C32H62O2/c1-3-4-5-6-7-8-9-10-11-12-13-14-15-16-17-18-19-20-21-22-23-24-25-26-27-28-29-30-31(2)32(33)34/h30H,3-29H2,1-2H3,(H,33,34). The lowest BCUT2D eigenvalue weighted by molar-refractivity contribution is -0.132. The Hall–Kier alpha value is -0.790. The molecular formula is C32H62O2. The molecule has 0 radical (unpaired) electrons. The summed E-state index contributed by atoms with van der Waals surface area (Å²) in [6, 6.07) is 0. The highest BCUT2D eigenvalue weighted by molar-refractivity contribution is 5.85. The van der Waals surface area contributed by atoms with E-state index in [9.17, 15) is 4.79 Å². The van der Waals surface area contributed by atoms with Crippen molar-refractivity contribution in [2.24, 2.45) is 0 Å². The van der Waals surface area contributed by atoms with Gasteiger partial charge in [-0.3, -0.25) is 0 Å². The summed E-state index contributed by atoms with van der Waals surface area (Å²) in [5.41, 5.74) is 0.486. The quantitative estimate of drug-likeness (QED) is 0.0896. The maximum absolute atomic E-state index is 10.7. The maximum atomic E-state index is 10.7. The zero-order valence-electron chi connectivity index (χ0n) is 23.5. The molecule has 0 spiro atoms. The highest BCUT2D eigenvalue weighted by Gasteiger charge is 1.98. The van der Waals surface area contributed by atoms with Crippen LogP contribution in [0.15, 0.2) is 11.6 Å². The van der Waals surface area contributed by atoms with Crippen molar-refractivity contribution in [1.29, 1.82) is 0 Å². The van der Waals surface area contributed by atoms with Crippen LogP contribution >= 0.6 is 0 Å². The van der Waals surface area contributed by atoms with E-state index in [1.165, 1.54) is 161 Å². The van der Waals surface area contributed by atoms with Crippen molar-refractivity contribution in [3.63, 3.8) is 0 Å². The number of carboxylic acids is 1. The number of hydrogen-bond donors (Lipinski definition) is 1. The summed E-state index contributed by atoms with van der Waals surface area (Å²) in [7, 11) is 0. The third kappa shape index (κ3) is 27.5. The largest absolute Gasteiger partial charge is 0.478 e. The van der Waals surface area contributed by atoms with Crippen molar-refractivity contribution < 1.29 is 9.90 Å². The molecule has 0 aliphatic carbocycles. The second-order valence-electron chi connectivity index (χ2n) is 10.8. The van der Waals surface area contributed by atoms with E-state index < -0.39 is 5.97 Å². The molecule has 202 valence electrons. The summed E-state index contributed by atoms with van der Waals surface area (Å²) in [6.45, 7) is 3.98. The van der Waals surface area contributed by atoms with Crippen LogP contribution in [0.5, 0.6) is 0 Å². The SMILES string of the molecule is CCCCCCCCCCCCCCCCCCCCCCCCCCCCC=C(C)C(=O)O. The minimum Gasteiger partial charge on any atom is -0.478 e. The zero-order chi connectivity index (χ0) is 25.0. The van der Waals surface area contributed by atoms with E-state index in [1.807, 2.05) is 6.08 Å². The van der Waals surface area contributed by atoms with Crippen LogP contribution in [0.1, 0.15) is 187 Å². The highest BCUT2D eigenvalue weighted by Crippen LogP contribution is 2.16. The van der Waals surface area contributed by atoms with Crippen LogP contribution in [0.2, 0.25) is 0 Å². The number of rotatable bonds is 28. The Kier molecular flexibility index (Phi) is 27.8. The normalized spacial score (nSPS) is 11.9. The number of carbonyl (C=O) groups is 1. The third-order valence-corrected chi connectivity index (χ3v) is 7.35. The molecule has 0 rings (SSSR count).